The summed E-state index contributed by atoms with van der Waals surface area (Å²) in [5.41, 5.74) is -4.01. The van der Waals surface area contributed by atoms with Crippen LogP contribution in [0.5, 0.6) is 0 Å². The minimum absolute atomic E-state index is 0.0774. The topological polar surface area (TPSA) is 141 Å². The number of benzene rings is 2. The van der Waals surface area contributed by atoms with Crippen molar-refractivity contribution in [3.63, 3.8) is 0 Å². The van der Waals surface area contributed by atoms with Crippen molar-refractivity contribution in [2.75, 3.05) is 0 Å². The van der Waals surface area contributed by atoms with Crippen LogP contribution in [0.15, 0.2) is 48.5 Å². The molecule has 30 heavy (non-hydrogen) atoms. The molecule has 0 amide bonds. The number of carbonyl (C=O) groups excluding carboxylic acids is 2. The summed E-state index contributed by atoms with van der Waals surface area (Å²) in [7, 11) is 0. The van der Waals surface area contributed by atoms with Crippen molar-refractivity contribution in [2.24, 2.45) is 5.41 Å². The van der Waals surface area contributed by atoms with E-state index in [-0.39, 0.29) is 35.2 Å². The van der Waals surface area contributed by atoms with Gasteiger partial charge in [0, 0.05) is 34.6 Å². The second-order valence-electron chi connectivity index (χ2n) is 8.01. The van der Waals surface area contributed by atoms with Crippen LogP contribution >= 0.6 is 0 Å². The highest BCUT2D eigenvalue weighted by atomic mass is 16.6. The molecular formula is C21H18N2O7. The van der Waals surface area contributed by atoms with Crippen LogP contribution in [0, 0.1) is 25.6 Å². The van der Waals surface area contributed by atoms with Gasteiger partial charge in [-0.1, -0.05) is 36.4 Å². The van der Waals surface area contributed by atoms with Gasteiger partial charge >= 0.3 is 0 Å². The van der Waals surface area contributed by atoms with Crippen molar-refractivity contribution in [2.45, 2.75) is 37.3 Å². The molecular weight excluding hydrogens is 392 g/mol. The molecule has 2 aromatic carbocycles. The van der Waals surface area contributed by atoms with Crippen LogP contribution in [0.25, 0.3) is 0 Å². The number of Topliss-reactive ketones (excluding diaryl/α,β-unsaturated/α-hetero) is 2. The Balaban J connectivity index is 2.04. The van der Waals surface area contributed by atoms with Gasteiger partial charge in [0.1, 0.15) is 5.41 Å². The normalized spacial score (nSPS) is 27.1. The van der Waals surface area contributed by atoms with Crippen LogP contribution in [0.4, 0.5) is 5.69 Å². The Morgan fingerprint density at radius 1 is 1.00 bits per heavy atom. The number of non-ortho nitro benzene ring substituents is 1. The number of rotatable bonds is 3. The quantitative estimate of drug-likeness (QED) is 0.466. The SMILES string of the molecule is C[C@]1(O)CC[C@@H]([N+](=O)[O-])[C@H](c2cccc([N+](=O)[O-])c2)C12C(=O)c1ccccc1C2=O. The molecule has 3 atom stereocenters. The van der Waals surface area contributed by atoms with Gasteiger partial charge in [-0.3, -0.25) is 29.8 Å². The first-order valence-electron chi connectivity index (χ1n) is 9.42. The summed E-state index contributed by atoms with van der Waals surface area (Å²) in [4.78, 5) is 49.3. The molecule has 9 heteroatoms. The Morgan fingerprint density at radius 3 is 2.13 bits per heavy atom. The van der Waals surface area contributed by atoms with E-state index in [1.54, 1.807) is 12.1 Å². The van der Waals surface area contributed by atoms with Gasteiger partial charge in [-0.2, -0.15) is 0 Å². The van der Waals surface area contributed by atoms with Crippen molar-refractivity contribution in [1.82, 2.24) is 0 Å². The first-order chi connectivity index (χ1) is 14.1. The maximum atomic E-state index is 13.6. The van der Waals surface area contributed by atoms with Crippen molar-refractivity contribution in [1.29, 1.82) is 0 Å². The molecule has 154 valence electrons. The highest BCUT2D eigenvalue weighted by molar-refractivity contribution is 6.31. The zero-order valence-electron chi connectivity index (χ0n) is 16.0. The maximum absolute atomic E-state index is 13.6. The highest BCUT2D eigenvalue weighted by Crippen LogP contribution is 2.59. The van der Waals surface area contributed by atoms with E-state index < -0.39 is 44.4 Å². The van der Waals surface area contributed by atoms with Crippen molar-refractivity contribution in [3.05, 3.63) is 85.4 Å². The molecule has 1 saturated carbocycles. The predicted octanol–water partition coefficient (Wildman–Crippen LogP) is 2.93. The van der Waals surface area contributed by atoms with Gasteiger partial charge in [-0.15, -0.1) is 0 Å². The molecule has 2 aromatic rings. The van der Waals surface area contributed by atoms with E-state index in [9.17, 15) is 34.9 Å². The molecule has 0 heterocycles. The number of hydrogen-bond donors (Lipinski definition) is 1. The first-order valence-corrected chi connectivity index (χ1v) is 9.42. The van der Waals surface area contributed by atoms with Gasteiger partial charge in [-0.25, -0.2) is 0 Å². The van der Waals surface area contributed by atoms with E-state index in [2.05, 4.69) is 0 Å². The van der Waals surface area contributed by atoms with Gasteiger partial charge in [-0.05, 0) is 18.9 Å². The van der Waals surface area contributed by atoms with Gasteiger partial charge in [0.15, 0.2) is 11.6 Å². The van der Waals surface area contributed by atoms with Crippen molar-refractivity contribution < 1.29 is 24.5 Å². The smallest absolute Gasteiger partial charge is 0.269 e. The molecule has 0 unspecified atom stereocenters. The molecule has 0 radical (unpaired) electrons. The van der Waals surface area contributed by atoms with E-state index in [0.717, 1.165) is 6.07 Å². The van der Waals surface area contributed by atoms with E-state index in [1.165, 1.54) is 37.3 Å². The van der Waals surface area contributed by atoms with E-state index >= 15 is 0 Å². The second-order valence-corrected chi connectivity index (χ2v) is 8.01. The summed E-state index contributed by atoms with van der Waals surface area (Å²) in [6.07, 6.45) is -0.207. The van der Waals surface area contributed by atoms with Gasteiger partial charge in [0.25, 0.3) is 5.69 Å². The Morgan fingerprint density at radius 2 is 1.60 bits per heavy atom. The fourth-order valence-electron chi connectivity index (χ4n) is 5.13. The average molecular weight is 410 g/mol. The van der Waals surface area contributed by atoms with Crippen molar-refractivity contribution >= 4 is 17.3 Å². The van der Waals surface area contributed by atoms with E-state index in [1.807, 2.05) is 0 Å². The summed E-state index contributed by atoms with van der Waals surface area (Å²) in [5.74, 6) is -2.73. The Kier molecular flexibility index (Phi) is 4.32. The molecule has 0 aromatic heterocycles. The number of ketones is 2. The third-order valence-electron chi connectivity index (χ3n) is 6.47. The van der Waals surface area contributed by atoms with Crippen LogP contribution in [0.2, 0.25) is 0 Å². The molecule has 0 bridgehead atoms. The molecule has 1 spiro atoms. The summed E-state index contributed by atoms with van der Waals surface area (Å²) in [6, 6.07) is 9.87. The number of aliphatic hydroxyl groups is 1. The molecule has 1 fully saturated rings. The number of nitro groups is 2. The maximum Gasteiger partial charge on any atom is 0.269 e. The second kappa shape index (κ2) is 6.53. The standard InChI is InChI=1S/C21H18N2O7/c1-20(26)10-9-16(23(29)30)17(12-5-4-6-13(11-12)22(27)28)21(20)18(24)14-7-2-3-8-15(14)19(21)25/h2-8,11,16-17,26H,9-10H2,1H3/t16-,17+,20+/m1/s1. The van der Waals surface area contributed by atoms with Gasteiger partial charge < -0.3 is 5.11 Å². The summed E-state index contributed by atoms with van der Waals surface area (Å²) in [5, 5.41) is 34.6. The molecule has 0 saturated heterocycles. The van der Waals surface area contributed by atoms with E-state index in [0.29, 0.717) is 0 Å². The number of nitro benzene ring substituents is 1. The molecule has 2 aliphatic rings. The first kappa shape index (κ1) is 19.8. The lowest BCUT2D eigenvalue weighted by molar-refractivity contribution is -0.535. The van der Waals surface area contributed by atoms with Crippen LogP contribution in [-0.4, -0.2) is 38.2 Å². The fourth-order valence-corrected chi connectivity index (χ4v) is 5.13. The lowest BCUT2D eigenvalue weighted by Crippen LogP contribution is -2.63. The predicted molar refractivity (Wildman–Crippen MR) is 104 cm³/mol. The molecule has 4 rings (SSSR count). The van der Waals surface area contributed by atoms with Gasteiger partial charge in [0.05, 0.1) is 16.4 Å². The zero-order chi connectivity index (χ0) is 21.8. The number of nitrogens with zero attached hydrogens (tertiary/aromatic N) is 2. The number of carbonyl (C=O) groups is 2. The van der Waals surface area contributed by atoms with Crippen molar-refractivity contribution in [3.8, 4) is 0 Å². The fraction of sp³-hybridized carbons (Fsp3) is 0.333. The highest BCUT2D eigenvalue weighted by Gasteiger charge is 2.72. The molecule has 9 nitrogen and oxygen atoms in total. The third-order valence-corrected chi connectivity index (χ3v) is 6.47. The van der Waals surface area contributed by atoms with Crippen LogP contribution in [0.1, 0.15) is 52.0 Å². The summed E-state index contributed by atoms with van der Waals surface area (Å²) in [6.45, 7) is 1.34. The number of hydrogen-bond acceptors (Lipinski definition) is 7. The Hall–Kier alpha value is -3.46. The Bertz CT molecular complexity index is 1070. The van der Waals surface area contributed by atoms with Gasteiger partial charge in [0.2, 0.25) is 6.04 Å². The van der Waals surface area contributed by atoms with Crippen LogP contribution < -0.4 is 0 Å². The molecule has 0 aliphatic heterocycles. The Labute approximate surface area is 170 Å². The van der Waals surface area contributed by atoms with E-state index in [4.69, 9.17) is 0 Å². The third kappa shape index (κ3) is 2.45. The van der Waals surface area contributed by atoms with Crippen LogP contribution in [0.3, 0.4) is 0 Å². The molecule has 2 aliphatic carbocycles. The lowest BCUT2D eigenvalue weighted by atomic mass is 9.52. The minimum Gasteiger partial charge on any atom is -0.389 e. The average Bonchev–Trinajstić information content (AvgIpc) is 2.93. The largest absolute Gasteiger partial charge is 0.389 e. The minimum atomic E-state index is -2.14. The summed E-state index contributed by atoms with van der Waals surface area (Å²) < 4.78 is 0. The monoisotopic (exact) mass is 410 g/mol. The van der Waals surface area contributed by atoms with Crippen LogP contribution in [-0.2, 0) is 0 Å². The zero-order valence-corrected chi connectivity index (χ0v) is 16.0. The lowest BCUT2D eigenvalue weighted by Gasteiger charge is -2.49. The number of fused-ring (bicyclic) bond motifs is 1. The summed E-state index contributed by atoms with van der Waals surface area (Å²) >= 11 is 0. The molecule has 1 N–H and O–H groups in total.